The molecule has 0 saturated carbocycles. The summed E-state index contributed by atoms with van der Waals surface area (Å²) in [5.41, 5.74) is -0.615. The second-order valence-corrected chi connectivity index (χ2v) is 5.61. The lowest BCUT2D eigenvalue weighted by molar-refractivity contribution is 0.0603. The van der Waals surface area contributed by atoms with Gasteiger partial charge in [0.25, 0.3) is 0 Å². The number of methoxy groups -OCH3 is 1. The zero-order valence-electron chi connectivity index (χ0n) is 10.4. The number of halogens is 1. The van der Waals surface area contributed by atoms with Crippen LogP contribution in [0.5, 0.6) is 0 Å². The minimum atomic E-state index is -0.663. The third-order valence-corrected chi connectivity index (χ3v) is 2.90. The summed E-state index contributed by atoms with van der Waals surface area (Å²) in [5.74, 6) is -0.602. The summed E-state index contributed by atoms with van der Waals surface area (Å²) in [6, 6.07) is 0. The highest BCUT2D eigenvalue weighted by Gasteiger charge is 2.21. The number of hydrogen-bond donors (Lipinski definition) is 1. The van der Waals surface area contributed by atoms with E-state index in [-0.39, 0.29) is 15.2 Å². The van der Waals surface area contributed by atoms with Crippen LogP contribution in [-0.2, 0) is 9.47 Å². The minimum Gasteiger partial charge on any atom is -0.465 e. The number of carbonyl (C=O) groups is 2. The first-order chi connectivity index (χ1) is 8.23. The maximum atomic E-state index is 11.5. The molecule has 0 radical (unpaired) electrons. The van der Waals surface area contributed by atoms with Crippen LogP contribution in [0.3, 0.4) is 0 Å². The van der Waals surface area contributed by atoms with Gasteiger partial charge in [-0.05, 0) is 20.8 Å². The molecule has 1 aromatic heterocycles. The molecule has 0 aliphatic heterocycles. The Balaban J connectivity index is 2.75. The first kappa shape index (κ1) is 14.7. The van der Waals surface area contributed by atoms with E-state index < -0.39 is 17.7 Å². The number of rotatable bonds is 2. The molecule has 0 aliphatic carbocycles. The molecule has 0 atom stereocenters. The van der Waals surface area contributed by atoms with Gasteiger partial charge in [-0.3, -0.25) is 5.32 Å². The number of anilines is 1. The highest BCUT2D eigenvalue weighted by molar-refractivity contribution is 7.18. The second-order valence-electron chi connectivity index (χ2n) is 4.26. The topological polar surface area (TPSA) is 77.5 Å². The molecular weight excluding hydrogens is 280 g/mol. The van der Waals surface area contributed by atoms with Crippen molar-refractivity contribution in [2.45, 2.75) is 26.4 Å². The van der Waals surface area contributed by atoms with Crippen LogP contribution in [0.4, 0.5) is 9.93 Å². The predicted octanol–water partition coefficient (Wildman–Crippen LogP) is 2.93. The van der Waals surface area contributed by atoms with Gasteiger partial charge in [-0.1, -0.05) is 22.9 Å². The van der Waals surface area contributed by atoms with E-state index in [9.17, 15) is 9.59 Å². The lowest BCUT2D eigenvalue weighted by atomic mass is 10.2. The van der Waals surface area contributed by atoms with Gasteiger partial charge < -0.3 is 9.47 Å². The number of nitrogens with one attached hydrogen (secondary N) is 1. The molecule has 0 aliphatic rings. The van der Waals surface area contributed by atoms with Crippen molar-refractivity contribution < 1.29 is 19.1 Å². The van der Waals surface area contributed by atoms with E-state index in [1.54, 1.807) is 20.8 Å². The highest BCUT2D eigenvalue weighted by atomic mass is 35.5. The van der Waals surface area contributed by atoms with Gasteiger partial charge in [-0.15, -0.1) is 0 Å². The lowest BCUT2D eigenvalue weighted by Gasteiger charge is -2.18. The van der Waals surface area contributed by atoms with Crippen molar-refractivity contribution in [3.8, 4) is 0 Å². The number of thiazole rings is 1. The van der Waals surface area contributed by atoms with Crippen molar-refractivity contribution in [2.24, 2.45) is 0 Å². The van der Waals surface area contributed by atoms with Crippen LogP contribution in [0.2, 0.25) is 5.15 Å². The quantitative estimate of drug-likeness (QED) is 0.848. The predicted molar refractivity (Wildman–Crippen MR) is 68.3 cm³/mol. The van der Waals surface area contributed by atoms with Gasteiger partial charge >= 0.3 is 12.1 Å². The molecule has 1 aromatic rings. The van der Waals surface area contributed by atoms with E-state index in [1.165, 1.54) is 7.11 Å². The Morgan fingerprint density at radius 3 is 2.50 bits per heavy atom. The van der Waals surface area contributed by atoms with E-state index in [4.69, 9.17) is 16.3 Å². The summed E-state index contributed by atoms with van der Waals surface area (Å²) in [5, 5.41) is 2.55. The molecule has 1 N–H and O–H groups in total. The molecule has 18 heavy (non-hydrogen) atoms. The van der Waals surface area contributed by atoms with Gasteiger partial charge in [0.05, 0.1) is 7.11 Å². The van der Waals surface area contributed by atoms with Gasteiger partial charge in [-0.25, -0.2) is 14.6 Å². The minimum absolute atomic E-state index is 0.0158. The Kier molecular flexibility index (Phi) is 4.53. The fraction of sp³-hybridized carbons (Fsp3) is 0.500. The van der Waals surface area contributed by atoms with Crippen molar-refractivity contribution in [3.63, 3.8) is 0 Å². The second kappa shape index (κ2) is 5.53. The molecule has 0 unspecified atom stereocenters. The molecular formula is C10H13ClN2O4S. The Bertz CT molecular complexity index is 467. The number of ether oxygens (including phenoxy) is 2. The zero-order chi connectivity index (χ0) is 13.9. The number of amides is 1. The van der Waals surface area contributed by atoms with Crippen LogP contribution in [0.15, 0.2) is 0 Å². The summed E-state index contributed by atoms with van der Waals surface area (Å²) in [4.78, 5) is 26.7. The van der Waals surface area contributed by atoms with Crippen molar-refractivity contribution >= 4 is 40.1 Å². The highest BCUT2D eigenvalue weighted by Crippen LogP contribution is 2.27. The molecule has 0 bridgehead atoms. The third kappa shape index (κ3) is 4.15. The number of esters is 1. The molecule has 1 amide bonds. The largest absolute Gasteiger partial charge is 0.465 e. The maximum Gasteiger partial charge on any atom is 0.413 e. The summed E-state index contributed by atoms with van der Waals surface area (Å²) in [6.45, 7) is 5.21. The van der Waals surface area contributed by atoms with E-state index >= 15 is 0 Å². The van der Waals surface area contributed by atoms with Gasteiger partial charge in [0.15, 0.2) is 15.2 Å². The molecule has 8 heteroatoms. The Morgan fingerprint density at radius 1 is 1.39 bits per heavy atom. The number of aromatic nitrogens is 1. The number of carbonyl (C=O) groups excluding carboxylic acids is 2. The van der Waals surface area contributed by atoms with Crippen LogP contribution < -0.4 is 5.32 Å². The van der Waals surface area contributed by atoms with Gasteiger partial charge in [0.2, 0.25) is 0 Å². The third-order valence-electron chi connectivity index (χ3n) is 1.56. The summed E-state index contributed by atoms with van der Waals surface area (Å²) >= 11 is 6.66. The SMILES string of the molecule is COC(=O)c1sc(NC(=O)OC(C)(C)C)nc1Cl. The van der Waals surface area contributed by atoms with E-state index in [1.807, 2.05) is 0 Å². The average molecular weight is 293 g/mol. The van der Waals surface area contributed by atoms with Gasteiger partial charge in [0.1, 0.15) is 5.60 Å². The molecule has 1 heterocycles. The lowest BCUT2D eigenvalue weighted by Crippen LogP contribution is -2.27. The van der Waals surface area contributed by atoms with Gasteiger partial charge in [-0.2, -0.15) is 0 Å². The summed E-state index contributed by atoms with van der Waals surface area (Å²) < 4.78 is 9.55. The fourth-order valence-electron chi connectivity index (χ4n) is 0.965. The standard InChI is InChI=1S/C10H13ClN2O4S/c1-10(2,3)17-9(15)13-8-12-6(11)5(18-8)7(14)16-4/h1-4H3,(H,12,13,15). The first-order valence-electron chi connectivity index (χ1n) is 4.97. The van der Waals surface area contributed by atoms with Crippen molar-refractivity contribution in [2.75, 3.05) is 12.4 Å². The zero-order valence-corrected chi connectivity index (χ0v) is 11.9. The van der Waals surface area contributed by atoms with Crippen LogP contribution in [0, 0.1) is 0 Å². The summed E-state index contributed by atoms with van der Waals surface area (Å²) in [7, 11) is 1.24. The molecule has 0 saturated heterocycles. The summed E-state index contributed by atoms with van der Waals surface area (Å²) in [6.07, 6.45) is -0.663. The smallest absolute Gasteiger partial charge is 0.413 e. The Morgan fingerprint density at radius 2 is 2.00 bits per heavy atom. The number of hydrogen-bond acceptors (Lipinski definition) is 6. The number of nitrogens with zero attached hydrogens (tertiary/aromatic N) is 1. The van der Waals surface area contributed by atoms with Crippen LogP contribution in [0.1, 0.15) is 30.4 Å². The van der Waals surface area contributed by atoms with Crippen molar-refractivity contribution in [1.29, 1.82) is 0 Å². The Hall–Kier alpha value is -1.34. The van der Waals surface area contributed by atoms with Crippen molar-refractivity contribution in [3.05, 3.63) is 10.0 Å². The van der Waals surface area contributed by atoms with E-state index in [0.717, 1.165) is 11.3 Å². The molecule has 0 spiro atoms. The monoisotopic (exact) mass is 292 g/mol. The fourth-order valence-corrected chi connectivity index (χ4v) is 2.05. The first-order valence-corrected chi connectivity index (χ1v) is 6.17. The van der Waals surface area contributed by atoms with Gasteiger partial charge in [0, 0.05) is 0 Å². The molecule has 100 valence electrons. The normalized spacial score (nSPS) is 10.9. The molecule has 0 aromatic carbocycles. The Labute approximate surface area is 113 Å². The molecule has 1 rings (SSSR count). The molecule has 6 nitrogen and oxygen atoms in total. The van der Waals surface area contributed by atoms with E-state index in [2.05, 4.69) is 15.0 Å². The van der Waals surface area contributed by atoms with Crippen LogP contribution in [0.25, 0.3) is 0 Å². The molecule has 0 fully saturated rings. The maximum absolute atomic E-state index is 11.5. The average Bonchev–Trinajstić information content (AvgIpc) is 2.55. The van der Waals surface area contributed by atoms with Crippen LogP contribution >= 0.6 is 22.9 Å². The van der Waals surface area contributed by atoms with Crippen LogP contribution in [-0.4, -0.2) is 29.8 Å². The van der Waals surface area contributed by atoms with Crippen molar-refractivity contribution in [1.82, 2.24) is 4.98 Å². The van der Waals surface area contributed by atoms with E-state index in [0.29, 0.717) is 0 Å².